The zero-order valence-electron chi connectivity index (χ0n) is 7.47. The van der Waals surface area contributed by atoms with Crippen molar-refractivity contribution in [3.05, 3.63) is 35.2 Å². The van der Waals surface area contributed by atoms with Gasteiger partial charge in [-0.2, -0.15) is 0 Å². The molecular weight excluding hydrogens is 200 g/mol. The second-order valence-electron chi connectivity index (χ2n) is 2.78. The van der Waals surface area contributed by atoms with Gasteiger partial charge in [0.25, 0.3) is 0 Å². The van der Waals surface area contributed by atoms with Crippen LogP contribution in [0.5, 0.6) is 0 Å². The lowest BCUT2D eigenvalue weighted by atomic mass is 10.4. The molecule has 2 heterocycles. The van der Waals surface area contributed by atoms with E-state index in [-0.39, 0.29) is 5.69 Å². The standard InChI is InChI=1S/C9H8N2O2S/c1-6-10-7(9(12)13)8(14-6)11-4-2-3-5-11/h2-5H,1H3,(H,12,13). The minimum atomic E-state index is -0.988. The van der Waals surface area contributed by atoms with Gasteiger partial charge in [0.15, 0.2) is 5.69 Å². The van der Waals surface area contributed by atoms with Gasteiger partial charge >= 0.3 is 5.97 Å². The summed E-state index contributed by atoms with van der Waals surface area (Å²) in [7, 11) is 0. The van der Waals surface area contributed by atoms with Crippen molar-refractivity contribution in [3.8, 4) is 5.00 Å². The molecule has 2 aromatic heterocycles. The van der Waals surface area contributed by atoms with Crippen LogP contribution in [0, 0.1) is 6.92 Å². The third-order valence-electron chi connectivity index (χ3n) is 1.76. The van der Waals surface area contributed by atoms with E-state index in [1.54, 1.807) is 23.9 Å². The summed E-state index contributed by atoms with van der Waals surface area (Å²) in [6, 6.07) is 3.70. The van der Waals surface area contributed by atoms with Crippen LogP contribution in [0.3, 0.4) is 0 Å². The summed E-state index contributed by atoms with van der Waals surface area (Å²) in [6.07, 6.45) is 3.61. The average molecular weight is 208 g/mol. The number of aromatic carboxylic acids is 1. The quantitative estimate of drug-likeness (QED) is 0.820. The summed E-state index contributed by atoms with van der Waals surface area (Å²) >= 11 is 1.37. The fourth-order valence-corrected chi connectivity index (χ4v) is 2.07. The molecule has 2 rings (SSSR count). The van der Waals surface area contributed by atoms with Gasteiger partial charge in [-0.15, -0.1) is 11.3 Å². The van der Waals surface area contributed by atoms with Crippen LogP contribution in [-0.4, -0.2) is 20.6 Å². The largest absolute Gasteiger partial charge is 0.476 e. The van der Waals surface area contributed by atoms with Gasteiger partial charge in [0, 0.05) is 12.4 Å². The second kappa shape index (κ2) is 3.26. The molecule has 0 amide bonds. The predicted octanol–water partition coefficient (Wildman–Crippen LogP) is 1.94. The van der Waals surface area contributed by atoms with Crippen molar-refractivity contribution in [2.75, 3.05) is 0 Å². The van der Waals surface area contributed by atoms with Gasteiger partial charge in [0.2, 0.25) is 0 Å². The molecule has 0 fully saturated rings. The molecule has 5 heteroatoms. The number of carbonyl (C=O) groups is 1. The van der Waals surface area contributed by atoms with Gasteiger partial charge in [-0.05, 0) is 19.1 Å². The van der Waals surface area contributed by atoms with Gasteiger partial charge in [0.05, 0.1) is 5.01 Å². The fourth-order valence-electron chi connectivity index (χ4n) is 1.20. The Bertz CT molecular complexity index is 459. The SMILES string of the molecule is Cc1nc(C(=O)O)c(-n2cccc2)s1. The van der Waals surface area contributed by atoms with E-state index in [4.69, 9.17) is 5.11 Å². The Hall–Kier alpha value is -1.62. The Labute approximate surface area is 84.5 Å². The number of thiazole rings is 1. The van der Waals surface area contributed by atoms with Gasteiger partial charge in [0.1, 0.15) is 5.00 Å². The van der Waals surface area contributed by atoms with Crippen LogP contribution >= 0.6 is 11.3 Å². The molecule has 0 aromatic carbocycles. The van der Waals surface area contributed by atoms with Crippen molar-refractivity contribution < 1.29 is 9.90 Å². The maximum absolute atomic E-state index is 10.9. The monoisotopic (exact) mass is 208 g/mol. The lowest BCUT2D eigenvalue weighted by molar-refractivity contribution is 0.0691. The third-order valence-corrected chi connectivity index (χ3v) is 2.74. The zero-order valence-corrected chi connectivity index (χ0v) is 8.28. The molecule has 2 aromatic rings. The molecule has 0 saturated carbocycles. The highest BCUT2D eigenvalue weighted by Crippen LogP contribution is 2.22. The molecule has 14 heavy (non-hydrogen) atoms. The number of carboxylic acid groups (broad SMARTS) is 1. The van der Waals surface area contributed by atoms with Gasteiger partial charge in [-0.3, -0.25) is 0 Å². The first-order chi connectivity index (χ1) is 6.68. The highest BCUT2D eigenvalue weighted by Gasteiger charge is 2.16. The lowest BCUT2D eigenvalue weighted by Gasteiger charge is -1.97. The number of carboxylic acids is 1. The molecule has 0 aliphatic heterocycles. The summed E-state index contributed by atoms with van der Waals surface area (Å²) in [6.45, 7) is 1.80. The molecule has 0 unspecified atom stereocenters. The van der Waals surface area contributed by atoms with E-state index in [1.807, 2.05) is 12.1 Å². The first kappa shape index (κ1) is 8.96. The number of hydrogen-bond donors (Lipinski definition) is 1. The minimum Gasteiger partial charge on any atom is -0.476 e. The van der Waals surface area contributed by atoms with Crippen LogP contribution in [0.15, 0.2) is 24.5 Å². The van der Waals surface area contributed by atoms with Crippen LogP contribution in [0.4, 0.5) is 0 Å². The first-order valence-corrected chi connectivity index (χ1v) is 4.84. The summed E-state index contributed by atoms with van der Waals surface area (Å²) in [4.78, 5) is 14.8. The highest BCUT2D eigenvalue weighted by atomic mass is 32.1. The van der Waals surface area contributed by atoms with Crippen LogP contribution in [0.25, 0.3) is 5.00 Å². The number of aromatic nitrogens is 2. The van der Waals surface area contributed by atoms with Crippen molar-refractivity contribution >= 4 is 17.3 Å². The van der Waals surface area contributed by atoms with E-state index < -0.39 is 5.97 Å². The molecule has 0 spiro atoms. The molecular formula is C9H8N2O2S. The molecule has 0 atom stereocenters. The molecule has 0 aliphatic rings. The zero-order chi connectivity index (χ0) is 10.1. The second-order valence-corrected chi connectivity index (χ2v) is 3.96. The Morgan fingerprint density at radius 3 is 2.71 bits per heavy atom. The van der Waals surface area contributed by atoms with E-state index in [0.29, 0.717) is 5.00 Å². The van der Waals surface area contributed by atoms with Crippen molar-refractivity contribution in [2.24, 2.45) is 0 Å². The Balaban J connectivity index is 2.58. The molecule has 72 valence electrons. The predicted molar refractivity (Wildman–Crippen MR) is 53.1 cm³/mol. The number of hydrogen-bond acceptors (Lipinski definition) is 3. The average Bonchev–Trinajstić information content (AvgIpc) is 2.70. The van der Waals surface area contributed by atoms with Gasteiger partial charge in [-0.25, -0.2) is 9.78 Å². The summed E-state index contributed by atoms with van der Waals surface area (Å²) < 4.78 is 1.76. The lowest BCUT2D eigenvalue weighted by Crippen LogP contribution is -2.02. The van der Waals surface area contributed by atoms with Gasteiger partial charge < -0.3 is 9.67 Å². The minimum absolute atomic E-state index is 0.115. The Kier molecular flexibility index (Phi) is 2.09. The van der Waals surface area contributed by atoms with E-state index >= 15 is 0 Å². The topological polar surface area (TPSA) is 55.1 Å². The smallest absolute Gasteiger partial charge is 0.357 e. The van der Waals surface area contributed by atoms with E-state index in [1.165, 1.54) is 11.3 Å². The van der Waals surface area contributed by atoms with E-state index in [2.05, 4.69) is 4.98 Å². The summed E-state index contributed by atoms with van der Waals surface area (Å²) in [5, 5.41) is 10.3. The van der Waals surface area contributed by atoms with Crippen LogP contribution < -0.4 is 0 Å². The normalized spacial score (nSPS) is 10.4. The first-order valence-electron chi connectivity index (χ1n) is 4.02. The highest BCUT2D eigenvalue weighted by molar-refractivity contribution is 7.14. The van der Waals surface area contributed by atoms with Crippen molar-refractivity contribution in [1.82, 2.24) is 9.55 Å². The Morgan fingerprint density at radius 1 is 1.50 bits per heavy atom. The molecule has 0 bridgehead atoms. The van der Waals surface area contributed by atoms with Crippen LogP contribution in [0.2, 0.25) is 0 Å². The molecule has 1 N–H and O–H groups in total. The summed E-state index contributed by atoms with van der Waals surface area (Å²) in [5.41, 5.74) is 0.115. The van der Waals surface area contributed by atoms with Crippen LogP contribution in [-0.2, 0) is 0 Å². The van der Waals surface area contributed by atoms with Gasteiger partial charge in [-0.1, -0.05) is 0 Å². The van der Waals surface area contributed by atoms with Crippen molar-refractivity contribution in [3.63, 3.8) is 0 Å². The molecule has 0 radical (unpaired) electrons. The maximum atomic E-state index is 10.9. The van der Waals surface area contributed by atoms with Crippen molar-refractivity contribution in [2.45, 2.75) is 6.92 Å². The number of nitrogens with zero attached hydrogens (tertiary/aromatic N) is 2. The number of rotatable bonds is 2. The Morgan fingerprint density at radius 2 is 2.14 bits per heavy atom. The summed E-state index contributed by atoms with van der Waals surface area (Å²) in [5.74, 6) is -0.988. The fraction of sp³-hybridized carbons (Fsp3) is 0.111. The maximum Gasteiger partial charge on any atom is 0.357 e. The van der Waals surface area contributed by atoms with E-state index in [9.17, 15) is 4.79 Å². The molecule has 4 nitrogen and oxygen atoms in total. The van der Waals surface area contributed by atoms with E-state index in [0.717, 1.165) is 5.01 Å². The van der Waals surface area contributed by atoms with Crippen molar-refractivity contribution in [1.29, 1.82) is 0 Å². The molecule has 0 saturated heterocycles. The molecule has 0 aliphatic carbocycles. The van der Waals surface area contributed by atoms with Crippen LogP contribution in [0.1, 0.15) is 15.5 Å². The third kappa shape index (κ3) is 1.42. The number of aryl methyl sites for hydroxylation is 1.